The standard InChI is InChI=1S/C26H30N2O3/c1-20(2)28(16-21-9-5-3-6-10-21)17-25(30)23-13-14-26(24(15-23)27-19-29)31-18-22-11-7-4-8-12-22/h3-15,19-20,25,30H,16-18H2,1-2H3,(H,27,29). The summed E-state index contributed by atoms with van der Waals surface area (Å²) in [6, 6.07) is 25.8. The van der Waals surface area contributed by atoms with Gasteiger partial charge in [-0.15, -0.1) is 0 Å². The number of hydrogen-bond acceptors (Lipinski definition) is 4. The molecule has 0 aromatic heterocycles. The van der Waals surface area contributed by atoms with Crippen molar-refractivity contribution >= 4 is 12.1 Å². The highest BCUT2D eigenvalue weighted by Crippen LogP contribution is 2.29. The molecule has 0 saturated carbocycles. The van der Waals surface area contributed by atoms with Crippen LogP contribution in [0.15, 0.2) is 78.9 Å². The van der Waals surface area contributed by atoms with Crippen LogP contribution < -0.4 is 10.1 Å². The SMILES string of the molecule is CC(C)N(Cc1ccccc1)CC(O)c1ccc(OCc2ccccc2)c(NC=O)c1. The summed E-state index contributed by atoms with van der Waals surface area (Å²) < 4.78 is 5.90. The van der Waals surface area contributed by atoms with Crippen molar-refractivity contribution in [1.29, 1.82) is 0 Å². The number of anilines is 1. The highest BCUT2D eigenvalue weighted by Gasteiger charge is 2.18. The highest BCUT2D eigenvalue weighted by atomic mass is 16.5. The maximum absolute atomic E-state index is 11.1. The molecule has 0 aliphatic heterocycles. The number of carbonyl (C=O) groups is 1. The maximum atomic E-state index is 11.1. The molecule has 31 heavy (non-hydrogen) atoms. The Bertz CT molecular complexity index is 945. The van der Waals surface area contributed by atoms with E-state index in [0.717, 1.165) is 17.7 Å². The van der Waals surface area contributed by atoms with Gasteiger partial charge in [0.2, 0.25) is 6.41 Å². The van der Waals surface area contributed by atoms with Crippen molar-refractivity contribution in [3.05, 3.63) is 95.6 Å². The van der Waals surface area contributed by atoms with Crippen molar-refractivity contribution < 1.29 is 14.6 Å². The molecule has 0 saturated heterocycles. The average molecular weight is 419 g/mol. The van der Waals surface area contributed by atoms with Crippen LogP contribution in [-0.2, 0) is 17.9 Å². The molecule has 1 unspecified atom stereocenters. The van der Waals surface area contributed by atoms with E-state index < -0.39 is 6.10 Å². The van der Waals surface area contributed by atoms with Crippen LogP contribution in [0.3, 0.4) is 0 Å². The summed E-state index contributed by atoms with van der Waals surface area (Å²) in [5.74, 6) is 0.567. The lowest BCUT2D eigenvalue weighted by atomic mass is 10.1. The van der Waals surface area contributed by atoms with Gasteiger partial charge in [-0.1, -0.05) is 66.7 Å². The molecule has 0 spiro atoms. The normalized spacial score (nSPS) is 12.0. The third-order valence-electron chi connectivity index (χ3n) is 5.21. The van der Waals surface area contributed by atoms with Gasteiger partial charge in [0.05, 0.1) is 11.8 Å². The summed E-state index contributed by atoms with van der Waals surface area (Å²) in [5, 5.41) is 13.6. The fraction of sp³-hybridized carbons (Fsp3) is 0.269. The Morgan fingerprint density at radius 1 is 0.968 bits per heavy atom. The van der Waals surface area contributed by atoms with Crippen LogP contribution in [0.25, 0.3) is 0 Å². The van der Waals surface area contributed by atoms with E-state index in [0.29, 0.717) is 31.0 Å². The first kappa shape index (κ1) is 22.5. The molecule has 1 amide bonds. The van der Waals surface area contributed by atoms with Crippen LogP contribution in [-0.4, -0.2) is 29.0 Å². The number of aliphatic hydroxyl groups excluding tert-OH is 1. The van der Waals surface area contributed by atoms with Crippen molar-refractivity contribution in [1.82, 2.24) is 4.90 Å². The Kier molecular flexibility index (Phi) is 8.21. The van der Waals surface area contributed by atoms with Gasteiger partial charge in [-0.2, -0.15) is 0 Å². The van der Waals surface area contributed by atoms with E-state index in [-0.39, 0.29) is 6.04 Å². The zero-order valence-electron chi connectivity index (χ0n) is 18.1. The summed E-state index contributed by atoms with van der Waals surface area (Å²) >= 11 is 0. The number of benzene rings is 3. The van der Waals surface area contributed by atoms with Crippen molar-refractivity contribution in [2.45, 2.75) is 39.1 Å². The van der Waals surface area contributed by atoms with Gasteiger partial charge in [0, 0.05) is 19.1 Å². The Labute approximate surface area is 184 Å². The monoisotopic (exact) mass is 418 g/mol. The van der Waals surface area contributed by atoms with Crippen LogP contribution in [0.4, 0.5) is 5.69 Å². The molecular formula is C26H30N2O3. The molecule has 162 valence electrons. The van der Waals surface area contributed by atoms with E-state index in [1.165, 1.54) is 5.56 Å². The lowest BCUT2D eigenvalue weighted by molar-refractivity contribution is -0.105. The summed E-state index contributed by atoms with van der Waals surface area (Å²) in [6.07, 6.45) is -0.0713. The number of hydrogen-bond donors (Lipinski definition) is 2. The predicted molar refractivity (Wildman–Crippen MR) is 124 cm³/mol. The number of rotatable bonds is 11. The average Bonchev–Trinajstić information content (AvgIpc) is 2.79. The van der Waals surface area contributed by atoms with E-state index in [9.17, 15) is 9.90 Å². The first-order chi connectivity index (χ1) is 15.1. The van der Waals surface area contributed by atoms with Crippen molar-refractivity contribution in [3.63, 3.8) is 0 Å². The number of amides is 1. The fourth-order valence-electron chi connectivity index (χ4n) is 3.40. The van der Waals surface area contributed by atoms with E-state index >= 15 is 0 Å². The molecule has 3 aromatic rings. The number of nitrogens with one attached hydrogen (secondary N) is 1. The number of carbonyl (C=O) groups excluding carboxylic acids is 1. The van der Waals surface area contributed by atoms with Gasteiger partial charge in [-0.05, 0) is 42.7 Å². The zero-order chi connectivity index (χ0) is 22.1. The minimum Gasteiger partial charge on any atom is -0.487 e. The van der Waals surface area contributed by atoms with Gasteiger partial charge in [0.1, 0.15) is 12.4 Å². The number of aliphatic hydroxyl groups is 1. The van der Waals surface area contributed by atoms with Crippen molar-refractivity contribution in [2.24, 2.45) is 0 Å². The van der Waals surface area contributed by atoms with Crippen LogP contribution in [0.1, 0.15) is 36.6 Å². The summed E-state index contributed by atoms with van der Waals surface area (Å²) in [6.45, 7) is 5.88. The molecule has 0 fully saturated rings. The van der Waals surface area contributed by atoms with E-state index in [1.54, 1.807) is 12.1 Å². The van der Waals surface area contributed by atoms with Crippen LogP contribution in [0.5, 0.6) is 5.75 Å². The first-order valence-electron chi connectivity index (χ1n) is 10.5. The molecular weight excluding hydrogens is 388 g/mol. The molecule has 2 N–H and O–H groups in total. The fourth-order valence-corrected chi connectivity index (χ4v) is 3.40. The number of ether oxygens (including phenoxy) is 1. The minimum absolute atomic E-state index is 0.274. The third kappa shape index (κ3) is 6.67. The molecule has 0 bridgehead atoms. The summed E-state index contributed by atoms with van der Waals surface area (Å²) in [7, 11) is 0. The van der Waals surface area contributed by atoms with E-state index in [1.807, 2.05) is 54.6 Å². The molecule has 5 nitrogen and oxygen atoms in total. The second-order valence-electron chi connectivity index (χ2n) is 7.82. The van der Waals surface area contributed by atoms with Crippen molar-refractivity contribution in [3.8, 4) is 5.75 Å². The van der Waals surface area contributed by atoms with Gasteiger partial charge in [-0.3, -0.25) is 9.69 Å². The lowest BCUT2D eigenvalue weighted by Crippen LogP contribution is -2.34. The van der Waals surface area contributed by atoms with Gasteiger partial charge in [0.25, 0.3) is 0 Å². The lowest BCUT2D eigenvalue weighted by Gasteiger charge is -2.29. The minimum atomic E-state index is -0.693. The molecule has 0 aliphatic carbocycles. The molecule has 0 aliphatic rings. The maximum Gasteiger partial charge on any atom is 0.211 e. The van der Waals surface area contributed by atoms with Crippen LogP contribution in [0.2, 0.25) is 0 Å². The van der Waals surface area contributed by atoms with Gasteiger partial charge in [-0.25, -0.2) is 0 Å². The second kappa shape index (κ2) is 11.3. The zero-order valence-corrected chi connectivity index (χ0v) is 18.1. The predicted octanol–water partition coefficient (Wildman–Crippen LogP) is 4.78. The van der Waals surface area contributed by atoms with Gasteiger partial charge >= 0.3 is 0 Å². The Balaban J connectivity index is 1.71. The van der Waals surface area contributed by atoms with Crippen molar-refractivity contribution in [2.75, 3.05) is 11.9 Å². The van der Waals surface area contributed by atoms with E-state index in [4.69, 9.17) is 4.74 Å². The first-order valence-corrected chi connectivity index (χ1v) is 10.5. The second-order valence-corrected chi connectivity index (χ2v) is 7.82. The molecule has 0 heterocycles. The quantitative estimate of drug-likeness (QED) is 0.440. The Morgan fingerprint density at radius 3 is 2.23 bits per heavy atom. The largest absolute Gasteiger partial charge is 0.487 e. The molecule has 0 radical (unpaired) electrons. The smallest absolute Gasteiger partial charge is 0.211 e. The topological polar surface area (TPSA) is 61.8 Å². The molecule has 3 rings (SSSR count). The van der Waals surface area contributed by atoms with Gasteiger partial charge in [0.15, 0.2) is 0 Å². The highest BCUT2D eigenvalue weighted by molar-refractivity contribution is 5.75. The summed E-state index contributed by atoms with van der Waals surface area (Å²) in [4.78, 5) is 13.3. The van der Waals surface area contributed by atoms with Crippen LogP contribution in [0, 0.1) is 0 Å². The van der Waals surface area contributed by atoms with Gasteiger partial charge < -0.3 is 15.2 Å². The molecule has 3 aromatic carbocycles. The Morgan fingerprint density at radius 2 is 1.61 bits per heavy atom. The number of nitrogens with zero attached hydrogens (tertiary/aromatic N) is 1. The molecule has 5 heteroatoms. The Hall–Kier alpha value is -3.15. The molecule has 1 atom stereocenters. The summed E-state index contributed by atoms with van der Waals surface area (Å²) in [5.41, 5.74) is 3.52. The third-order valence-corrected chi connectivity index (χ3v) is 5.21. The van der Waals surface area contributed by atoms with Crippen LogP contribution >= 0.6 is 0 Å². The van der Waals surface area contributed by atoms with E-state index in [2.05, 4.69) is 36.2 Å².